The van der Waals surface area contributed by atoms with Crippen molar-refractivity contribution in [2.45, 2.75) is 25.4 Å². The summed E-state index contributed by atoms with van der Waals surface area (Å²) in [6, 6.07) is 4.83. The van der Waals surface area contributed by atoms with Crippen molar-refractivity contribution in [2.24, 2.45) is 0 Å². The third-order valence-electron chi connectivity index (χ3n) is 2.98. The van der Waals surface area contributed by atoms with Gasteiger partial charge in [-0.3, -0.25) is 0 Å². The van der Waals surface area contributed by atoms with E-state index in [2.05, 4.69) is 5.32 Å². The zero-order valence-corrected chi connectivity index (χ0v) is 8.76. The molecule has 0 saturated carbocycles. The predicted molar refractivity (Wildman–Crippen MR) is 56.2 cm³/mol. The first-order chi connectivity index (χ1) is 7.20. The lowest BCUT2D eigenvalue weighted by Crippen LogP contribution is -2.10. The molecule has 15 heavy (non-hydrogen) atoms. The Balaban J connectivity index is 2.40. The van der Waals surface area contributed by atoms with Gasteiger partial charge in [-0.2, -0.15) is 0 Å². The Hall–Kier alpha value is -0.960. The predicted octanol–water partition coefficient (Wildman–Crippen LogP) is 2.93. The molecular formula is C12H15F2N. The average Bonchev–Trinajstić information content (AvgIpc) is 2.69. The molecule has 1 N–H and O–H groups in total. The highest BCUT2D eigenvalue weighted by atomic mass is 19.1. The van der Waals surface area contributed by atoms with E-state index in [4.69, 9.17) is 0 Å². The second kappa shape index (κ2) is 4.27. The number of halogens is 2. The van der Waals surface area contributed by atoms with E-state index in [0.717, 1.165) is 25.1 Å². The summed E-state index contributed by atoms with van der Waals surface area (Å²) >= 11 is 0. The standard InChI is InChI=1S/C12H15F2N/c1-8(13)12-10(3-2-4-11(12)14)9-5-6-15-7-9/h2-4,8-9,15H,5-7H2,1H3. The lowest BCUT2D eigenvalue weighted by molar-refractivity contribution is 0.357. The molecule has 0 spiro atoms. The van der Waals surface area contributed by atoms with E-state index in [1.165, 1.54) is 13.0 Å². The van der Waals surface area contributed by atoms with Crippen molar-refractivity contribution in [1.82, 2.24) is 5.32 Å². The molecule has 1 aromatic rings. The van der Waals surface area contributed by atoms with Crippen molar-refractivity contribution in [2.75, 3.05) is 13.1 Å². The number of hydrogen-bond acceptors (Lipinski definition) is 1. The number of hydrogen-bond donors (Lipinski definition) is 1. The van der Waals surface area contributed by atoms with Crippen LogP contribution >= 0.6 is 0 Å². The topological polar surface area (TPSA) is 12.0 Å². The third kappa shape index (κ3) is 2.02. The summed E-state index contributed by atoms with van der Waals surface area (Å²) in [6.07, 6.45) is -0.273. The molecule has 0 aromatic heterocycles. The minimum absolute atomic E-state index is 0.242. The van der Waals surface area contributed by atoms with E-state index in [1.54, 1.807) is 6.07 Å². The van der Waals surface area contributed by atoms with Crippen LogP contribution in [-0.2, 0) is 0 Å². The molecule has 1 aromatic carbocycles. The Morgan fingerprint density at radius 1 is 1.47 bits per heavy atom. The molecule has 0 bridgehead atoms. The molecule has 0 aliphatic carbocycles. The maximum absolute atomic E-state index is 13.5. The van der Waals surface area contributed by atoms with Crippen LogP contribution in [0.1, 0.15) is 36.6 Å². The van der Waals surface area contributed by atoms with Gasteiger partial charge in [0.05, 0.1) is 0 Å². The second-order valence-corrected chi connectivity index (χ2v) is 4.05. The highest BCUT2D eigenvalue weighted by molar-refractivity contribution is 5.34. The molecule has 1 nitrogen and oxygen atoms in total. The molecule has 1 saturated heterocycles. The summed E-state index contributed by atoms with van der Waals surface area (Å²) in [5.74, 6) is -0.164. The Morgan fingerprint density at radius 3 is 2.87 bits per heavy atom. The Kier molecular flexibility index (Phi) is 3.00. The Labute approximate surface area is 88.5 Å². The van der Waals surface area contributed by atoms with Gasteiger partial charge in [0.25, 0.3) is 0 Å². The van der Waals surface area contributed by atoms with Crippen LogP contribution in [-0.4, -0.2) is 13.1 Å². The van der Waals surface area contributed by atoms with Gasteiger partial charge in [0.15, 0.2) is 0 Å². The van der Waals surface area contributed by atoms with Gasteiger partial charge in [0.2, 0.25) is 0 Å². The number of rotatable bonds is 2. The molecule has 1 heterocycles. The van der Waals surface area contributed by atoms with E-state index in [9.17, 15) is 8.78 Å². The van der Waals surface area contributed by atoms with Gasteiger partial charge in [-0.15, -0.1) is 0 Å². The summed E-state index contributed by atoms with van der Waals surface area (Å²) in [6.45, 7) is 3.15. The van der Waals surface area contributed by atoms with Gasteiger partial charge in [0, 0.05) is 12.1 Å². The Bertz CT molecular complexity index is 343. The summed E-state index contributed by atoms with van der Waals surface area (Å²) in [5, 5.41) is 3.21. The first-order valence-corrected chi connectivity index (χ1v) is 5.33. The first kappa shape index (κ1) is 10.6. The normalized spacial score (nSPS) is 23.0. The van der Waals surface area contributed by atoms with Crippen molar-refractivity contribution in [3.05, 3.63) is 35.1 Å². The number of benzene rings is 1. The average molecular weight is 211 g/mol. The zero-order valence-electron chi connectivity index (χ0n) is 8.76. The summed E-state index contributed by atoms with van der Waals surface area (Å²) in [7, 11) is 0. The monoisotopic (exact) mass is 211 g/mol. The van der Waals surface area contributed by atoms with Crippen molar-refractivity contribution >= 4 is 0 Å². The highest BCUT2D eigenvalue weighted by Crippen LogP contribution is 2.32. The maximum Gasteiger partial charge on any atom is 0.129 e. The largest absolute Gasteiger partial charge is 0.316 e. The second-order valence-electron chi connectivity index (χ2n) is 4.05. The quantitative estimate of drug-likeness (QED) is 0.793. The highest BCUT2D eigenvalue weighted by Gasteiger charge is 2.23. The lowest BCUT2D eigenvalue weighted by Gasteiger charge is -2.16. The van der Waals surface area contributed by atoms with Crippen LogP contribution in [0.3, 0.4) is 0 Å². The van der Waals surface area contributed by atoms with Crippen LogP contribution in [0.2, 0.25) is 0 Å². The molecule has 1 aliphatic heterocycles. The summed E-state index contributed by atoms with van der Waals surface area (Å²) < 4.78 is 26.8. The van der Waals surface area contributed by atoms with Gasteiger partial charge in [0.1, 0.15) is 12.0 Å². The van der Waals surface area contributed by atoms with Crippen LogP contribution in [0.15, 0.2) is 18.2 Å². The van der Waals surface area contributed by atoms with Crippen molar-refractivity contribution < 1.29 is 8.78 Å². The molecule has 2 atom stereocenters. The third-order valence-corrected chi connectivity index (χ3v) is 2.98. The number of nitrogens with one attached hydrogen (secondary N) is 1. The molecule has 2 rings (SSSR count). The molecular weight excluding hydrogens is 196 g/mol. The van der Waals surface area contributed by atoms with Crippen molar-refractivity contribution in [3.63, 3.8) is 0 Å². The van der Waals surface area contributed by atoms with Crippen LogP contribution in [0, 0.1) is 5.82 Å². The fraction of sp³-hybridized carbons (Fsp3) is 0.500. The maximum atomic E-state index is 13.5. The van der Waals surface area contributed by atoms with E-state index in [1.807, 2.05) is 6.07 Å². The van der Waals surface area contributed by atoms with E-state index < -0.39 is 12.0 Å². The Morgan fingerprint density at radius 2 is 2.27 bits per heavy atom. The van der Waals surface area contributed by atoms with Gasteiger partial charge in [-0.25, -0.2) is 8.78 Å². The SMILES string of the molecule is CC(F)c1c(F)cccc1C1CCNC1. The van der Waals surface area contributed by atoms with Crippen LogP contribution in [0.25, 0.3) is 0 Å². The van der Waals surface area contributed by atoms with Crippen molar-refractivity contribution in [1.29, 1.82) is 0 Å². The molecule has 3 heteroatoms. The van der Waals surface area contributed by atoms with Gasteiger partial charge in [-0.05, 0) is 37.4 Å². The van der Waals surface area contributed by atoms with E-state index >= 15 is 0 Å². The molecule has 1 aliphatic rings. The summed E-state index contributed by atoms with van der Waals surface area (Å²) in [4.78, 5) is 0. The molecule has 0 amide bonds. The van der Waals surface area contributed by atoms with E-state index in [0.29, 0.717) is 0 Å². The van der Waals surface area contributed by atoms with E-state index in [-0.39, 0.29) is 11.5 Å². The molecule has 0 radical (unpaired) electrons. The van der Waals surface area contributed by atoms with Crippen LogP contribution in [0.5, 0.6) is 0 Å². The smallest absolute Gasteiger partial charge is 0.129 e. The number of alkyl halides is 1. The van der Waals surface area contributed by atoms with Crippen molar-refractivity contribution in [3.8, 4) is 0 Å². The first-order valence-electron chi connectivity index (χ1n) is 5.33. The van der Waals surface area contributed by atoms with Crippen LogP contribution < -0.4 is 5.32 Å². The van der Waals surface area contributed by atoms with Gasteiger partial charge < -0.3 is 5.32 Å². The summed E-state index contributed by atoms with van der Waals surface area (Å²) in [5.41, 5.74) is 1.07. The lowest BCUT2D eigenvalue weighted by atomic mass is 9.91. The van der Waals surface area contributed by atoms with Gasteiger partial charge in [-0.1, -0.05) is 12.1 Å². The molecule has 82 valence electrons. The van der Waals surface area contributed by atoms with Crippen LogP contribution in [0.4, 0.5) is 8.78 Å². The fourth-order valence-corrected chi connectivity index (χ4v) is 2.25. The van der Waals surface area contributed by atoms with Gasteiger partial charge >= 0.3 is 0 Å². The molecule has 2 unspecified atom stereocenters. The minimum Gasteiger partial charge on any atom is -0.316 e. The molecule has 1 fully saturated rings. The fourth-order valence-electron chi connectivity index (χ4n) is 2.25. The zero-order chi connectivity index (χ0) is 10.8. The minimum atomic E-state index is -1.23.